The minimum Gasteiger partial charge on any atom is -0.481 e. The van der Waals surface area contributed by atoms with E-state index in [1.54, 1.807) is 12.3 Å². The van der Waals surface area contributed by atoms with Gasteiger partial charge in [0.05, 0.1) is 12.1 Å². The van der Waals surface area contributed by atoms with E-state index in [2.05, 4.69) is 15.0 Å². The van der Waals surface area contributed by atoms with Crippen LogP contribution in [-0.4, -0.2) is 27.8 Å². The lowest BCUT2D eigenvalue weighted by Gasteiger charge is -2.03. The van der Waals surface area contributed by atoms with Gasteiger partial charge in [-0.05, 0) is 11.6 Å². The molecule has 0 aliphatic rings. The van der Waals surface area contributed by atoms with Crippen LogP contribution < -0.4 is 4.74 Å². The first-order chi connectivity index (χ1) is 8.70. The monoisotopic (exact) mass is 263 g/mol. The Morgan fingerprint density at radius 3 is 3.00 bits per heavy atom. The fraction of sp³-hybridized carbons (Fsp3) is 0.167. The van der Waals surface area contributed by atoms with Crippen molar-refractivity contribution in [3.05, 3.63) is 47.1 Å². The molecule has 0 aliphatic carbocycles. The summed E-state index contributed by atoms with van der Waals surface area (Å²) in [5.41, 5.74) is 1.02. The number of carbonyl (C=O) groups excluding carboxylic acids is 1. The van der Waals surface area contributed by atoms with E-state index >= 15 is 0 Å². The fourth-order valence-corrected chi connectivity index (χ4v) is 1.60. The molecular formula is C12H10ClN3O2. The van der Waals surface area contributed by atoms with E-state index in [0.717, 1.165) is 0 Å². The average molecular weight is 264 g/mol. The zero-order valence-corrected chi connectivity index (χ0v) is 10.4. The summed E-state index contributed by atoms with van der Waals surface area (Å²) in [5.74, 6) is 0.206. The highest BCUT2D eigenvalue weighted by Crippen LogP contribution is 2.16. The molecule has 2 aromatic heterocycles. The molecule has 18 heavy (non-hydrogen) atoms. The number of nitrogens with zero attached hydrogens (tertiary/aromatic N) is 3. The van der Waals surface area contributed by atoms with E-state index in [1.807, 2.05) is 0 Å². The number of carbonyl (C=O) groups is 1. The van der Waals surface area contributed by atoms with Gasteiger partial charge in [-0.25, -0.2) is 9.97 Å². The molecule has 0 saturated heterocycles. The second-order valence-electron chi connectivity index (χ2n) is 3.51. The summed E-state index contributed by atoms with van der Waals surface area (Å²) in [6.07, 6.45) is 4.56. The zero-order valence-electron chi connectivity index (χ0n) is 9.63. The average Bonchev–Trinajstić information content (AvgIpc) is 2.41. The van der Waals surface area contributed by atoms with Crippen molar-refractivity contribution < 1.29 is 9.53 Å². The van der Waals surface area contributed by atoms with Crippen molar-refractivity contribution in [1.29, 1.82) is 0 Å². The lowest BCUT2D eigenvalue weighted by Crippen LogP contribution is -2.07. The number of halogens is 1. The van der Waals surface area contributed by atoms with Gasteiger partial charge in [0.2, 0.25) is 5.88 Å². The summed E-state index contributed by atoms with van der Waals surface area (Å²) in [6, 6.07) is 3.20. The molecule has 5 nitrogen and oxygen atoms in total. The Labute approximate surface area is 109 Å². The van der Waals surface area contributed by atoms with Gasteiger partial charge < -0.3 is 4.74 Å². The van der Waals surface area contributed by atoms with Gasteiger partial charge in [0.25, 0.3) is 0 Å². The molecule has 0 bridgehead atoms. The first-order valence-electron chi connectivity index (χ1n) is 5.18. The summed E-state index contributed by atoms with van der Waals surface area (Å²) < 4.78 is 4.94. The minimum absolute atomic E-state index is 0.149. The molecule has 2 aromatic rings. The second-order valence-corrected chi connectivity index (χ2v) is 3.92. The highest BCUT2D eigenvalue weighted by Gasteiger charge is 2.12. The maximum absolute atomic E-state index is 12.0. The van der Waals surface area contributed by atoms with Crippen LogP contribution in [0.2, 0.25) is 5.02 Å². The Kier molecular flexibility index (Phi) is 3.84. The van der Waals surface area contributed by atoms with Gasteiger partial charge in [0, 0.05) is 24.9 Å². The van der Waals surface area contributed by atoms with Crippen molar-refractivity contribution in [2.24, 2.45) is 0 Å². The fourth-order valence-electron chi connectivity index (χ4n) is 1.41. The van der Waals surface area contributed by atoms with E-state index in [1.165, 1.54) is 25.7 Å². The standard InChI is InChI=1S/C12H10ClN3O2/c1-18-12-5-10(15-7-16-12)11(17)4-8-2-3-14-6-9(8)13/h2-3,5-7H,4H2,1H3. The largest absolute Gasteiger partial charge is 0.481 e. The van der Waals surface area contributed by atoms with Gasteiger partial charge in [-0.2, -0.15) is 0 Å². The Morgan fingerprint density at radius 2 is 2.28 bits per heavy atom. The van der Waals surface area contributed by atoms with E-state index in [-0.39, 0.29) is 12.2 Å². The summed E-state index contributed by atoms with van der Waals surface area (Å²) >= 11 is 5.94. The van der Waals surface area contributed by atoms with Gasteiger partial charge in [-0.3, -0.25) is 9.78 Å². The Balaban J connectivity index is 2.19. The molecule has 0 aliphatic heterocycles. The second kappa shape index (κ2) is 5.55. The molecule has 92 valence electrons. The van der Waals surface area contributed by atoms with Crippen molar-refractivity contribution in [2.45, 2.75) is 6.42 Å². The molecule has 0 fully saturated rings. The zero-order chi connectivity index (χ0) is 13.0. The summed E-state index contributed by atoms with van der Waals surface area (Å²) in [4.78, 5) is 23.6. The molecule has 0 amide bonds. The van der Waals surface area contributed by atoms with Crippen molar-refractivity contribution >= 4 is 17.4 Å². The Morgan fingerprint density at radius 1 is 1.44 bits per heavy atom. The number of rotatable bonds is 4. The van der Waals surface area contributed by atoms with E-state index in [4.69, 9.17) is 16.3 Å². The molecule has 0 atom stereocenters. The predicted molar refractivity (Wildman–Crippen MR) is 65.9 cm³/mol. The topological polar surface area (TPSA) is 65.0 Å². The number of pyridine rings is 1. The normalized spacial score (nSPS) is 10.1. The maximum atomic E-state index is 12.0. The van der Waals surface area contributed by atoms with E-state index < -0.39 is 0 Å². The summed E-state index contributed by atoms with van der Waals surface area (Å²) in [7, 11) is 1.48. The molecule has 6 heteroatoms. The number of hydrogen-bond donors (Lipinski definition) is 0. The molecule has 2 heterocycles. The molecule has 0 spiro atoms. The highest BCUT2D eigenvalue weighted by atomic mass is 35.5. The highest BCUT2D eigenvalue weighted by molar-refractivity contribution is 6.31. The number of hydrogen-bond acceptors (Lipinski definition) is 5. The Hall–Kier alpha value is -2.01. The van der Waals surface area contributed by atoms with Crippen molar-refractivity contribution in [3.8, 4) is 5.88 Å². The third-order valence-corrected chi connectivity index (χ3v) is 2.68. The Bertz CT molecular complexity index is 575. The van der Waals surface area contributed by atoms with Crippen LogP contribution in [0.1, 0.15) is 16.1 Å². The van der Waals surface area contributed by atoms with Crippen LogP contribution in [0.4, 0.5) is 0 Å². The first kappa shape index (κ1) is 12.4. The van der Waals surface area contributed by atoms with Gasteiger partial charge in [0.15, 0.2) is 5.78 Å². The smallest absolute Gasteiger partial charge is 0.216 e. The van der Waals surface area contributed by atoms with E-state index in [0.29, 0.717) is 22.2 Å². The molecule has 0 saturated carbocycles. The van der Waals surface area contributed by atoms with Crippen LogP contribution in [0.15, 0.2) is 30.9 Å². The molecular weight excluding hydrogens is 254 g/mol. The van der Waals surface area contributed by atoms with E-state index in [9.17, 15) is 4.79 Å². The van der Waals surface area contributed by atoms with Crippen molar-refractivity contribution in [1.82, 2.24) is 15.0 Å². The van der Waals surface area contributed by atoms with Crippen LogP contribution >= 0.6 is 11.6 Å². The van der Waals surface area contributed by atoms with Crippen LogP contribution in [0, 0.1) is 0 Å². The van der Waals surface area contributed by atoms with Gasteiger partial charge in [-0.1, -0.05) is 11.6 Å². The third kappa shape index (κ3) is 2.81. The minimum atomic E-state index is -0.149. The van der Waals surface area contributed by atoms with Gasteiger partial charge in [0.1, 0.15) is 12.0 Å². The maximum Gasteiger partial charge on any atom is 0.216 e. The van der Waals surface area contributed by atoms with Gasteiger partial charge >= 0.3 is 0 Å². The lowest BCUT2D eigenvalue weighted by molar-refractivity contribution is 0.0987. The van der Waals surface area contributed by atoms with Crippen LogP contribution in [0.3, 0.4) is 0 Å². The van der Waals surface area contributed by atoms with Gasteiger partial charge in [-0.15, -0.1) is 0 Å². The number of Topliss-reactive ketones (excluding diaryl/α,β-unsaturated/α-hetero) is 1. The molecule has 0 unspecified atom stereocenters. The molecule has 0 N–H and O–H groups in total. The SMILES string of the molecule is COc1cc(C(=O)Cc2ccncc2Cl)ncn1. The molecule has 0 radical (unpaired) electrons. The van der Waals surface area contributed by atoms with Crippen LogP contribution in [0.5, 0.6) is 5.88 Å². The molecule has 0 aromatic carbocycles. The lowest BCUT2D eigenvalue weighted by atomic mass is 10.1. The number of ketones is 1. The van der Waals surface area contributed by atoms with Crippen molar-refractivity contribution in [3.63, 3.8) is 0 Å². The molecule has 2 rings (SSSR count). The van der Waals surface area contributed by atoms with Crippen LogP contribution in [-0.2, 0) is 6.42 Å². The van der Waals surface area contributed by atoms with Crippen LogP contribution in [0.25, 0.3) is 0 Å². The number of ether oxygens (including phenoxy) is 1. The number of methoxy groups -OCH3 is 1. The van der Waals surface area contributed by atoms with Crippen molar-refractivity contribution in [2.75, 3.05) is 7.11 Å². The summed E-state index contributed by atoms with van der Waals surface area (Å²) in [5, 5.41) is 0.465. The first-order valence-corrected chi connectivity index (χ1v) is 5.56. The summed E-state index contributed by atoms with van der Waals surface area (Å²) in [6.45, 7) is 0. The third-order valence-electron chi connectivity index (χ3n) is 2.34. The predicted octanol–water partition coefficient (Wildman–Crippen LogP) is 1.96. The number of aromatic nitrogens is 3. The quantitative estimate of drug-likeness (QED) is 0.789.